The van der Waals surface area contributed by atoms with E-state index < -0.39 is 0 Å². The summed E-state index contributed by atoms with van der Waals surface area (Å²) in [6.45, 7) is 5.01. The number of benzene rings is 2. The van der Waals surface area contributed by atoms with Crippen LogP contribution in [-0.2, 0) is 6.42 Å². The number of aromatic nitrogens is 1. The van der Waals surface area contributed by atoms with Gasteiger partial charge in [-0.3, -0.25) is 4.79 Å². The normalized spacial score (nSPS) is 10.6. The summed E-state index contributed by atoms with van der Waals surface area (Å²) < 4.78 is 0. The van der Waals surface area contributed by atoms with Gasteiger partial charge in [-0.2, -0.15) is 0 Å². The van der Waals surface area contributed by atoms with Gasteiger partial charge in [-0.15, -0.1) is 0 Å². The second-order valence-corrected chi connectivity index (χ2v) is 6.79. The van der Waals surface area contributed by atoms with E-state index >= 15 is 0 Å². The second kappa shape index (κ2) is 8.99. The van der Waals surface area contributed by atoms with E-state index in [2.05, 4.69) is 41.6 Å². The fourth-order valence-electron chi connectivity index (χ4n) is 2.85. The van der Waals surface area contributed by atoms with E-state index in [9.17, 15) is 4.79 Å². The first-order valence-corrected chi connectivity index (χ1v) is 9.27. The molecule has 1 amide bonds. The molecule has 0 atom stereocenters. The molecule has 0 radical (unpaired) electrons. The van der Waals surface area contributed by atoms with Gasteiger partial charge in [-0.1, -0.05) is 56.3 Å². The number of hydrogen-bond donors (Lipinski definition) is 2. The third-order valence-electron chi connectivity index (χ3n) is 4.44. The standard InChI is InChI=1S/C23H25N3O/c1-17(2)19-10-12-20(13-11-19)26-23(27)21-9-6-15-24-22(21)25-16-14-18-7-4-3-5-8-18/h3-13,15,17H,14,16H2,1-2H3,(H,24,25)(H,26,27). The third kappa shape index (κ3) is 5.17. The highest BCUT2D eigenvalue weighted by molar-refractivity contribution is 6.07. The number of hydrogen-bond acceptors (Lipinski definition) is 3. The van der Waals surface area contributed by atoms with Crippen molar-refractivity contribution in [3.8, 4) is 0 Å². The van der Waals surface area contributed by atoms with Gasteiger partial charge in [0.05, 0.1) is 5.56 Å². The number of anilines is 2. The van der Waals surface area contributed by atoms with Crippen LogP contribution >= 0.6 is 0 Å². The minimum absolute atomic E-state index is 0.164. The molecule has 0 saturated carbocycles. The van der Waals surface area contributed by atoms with E-state index in [4.69, 9.17) is 0 Å². The van der Waals surface area contributed by atoms with Crippen LogP contribution in [0.3, 0.4) is 0 Å². The van der Waals surface area contributed by atoms with Crippen molar-refractivity contribution < 1.29 is 4.79 Å². The molecule has 27 heavy (non-hydrogen) atoms. The van der Waals surface area contributed by atoms with Crippen molar-refractivity contribution in [3.05, 3.63) is 89.6 Å². The largest absolute Gasteiger partial charge is 0.369 e. The zero-order chi connectivity index (χ0) is 19.1. The molecule has 4 heteroatoms. The van der Waals surface area contributed by atoms with Crippen LogP contribution in [0, 0.1) is 0 Å². The highest BCUT2D eigenvalue weighted by Crippen LogP contribution is 2.19. The second-order valence-electron chi connectivity index (χ2n) is 6.79. The topological polar surface area (TPSA) is 54.0 Å². The van der Waals surface area contributed by atoms with Crippen LogP contribution < -0.4 is 10.6 Å². The van der Waals surface area contributed by atoms with Crippen LogP contribution in [0.2, 0.25) is 0 Å². The monoisotopic (exact) mass is 359 g/mol. The summed E-state index contributed by atoms with van der Waals surface area (Å²) in [5.74, 6) is 0.904. The van der Waals surface area contributed by atoms with E-state index in [0.29, 0.717) is 23.8 Å². The number of nitrogens with one attached hydrogen (secondary N) is 2. The predicted molar refractivity (Wildman–Crippen MR) is 111 cm³/mol. The summed E-state index contributed by atoms with van der Waals surface area (Å²) in [4.78, 5) is 17.0. The molecule has 3 rings (SSSR count). The van der Waals surface area contributed by atoms with Crippen LogP contribution in [0.4, 0.5) is 11.5 Å². The molecule has 2 aromatic carbocycles. The number of rotatable bonds is 7. The molecule has 0 bridgehead atoms. The third-order valence-corrected chi connectivity index (χ3v) is 4.44. The highest BCUT2D eigenvalue weighted by atomic mass is 16.1. The lowest BCUT2D eigenvalue weighted by molar-refractivity contribution is 0.102. The molecule has 1 heterocycles. The van der Waals surface area contributed by atoms with Gasteiger partial charge in [0.15, 0.2) is 0 Å². The van der Waals surface area contributed by atoms with Crippen LogP contribution in [0.25, 0.3) is 0 Å². The minimum atomic E-state index is -0.164. The van der Waals surface area contributed by atoms with Gasteiger partial charge < -0.3 is 10.6 Å². The summed E-state index contributed by atoms with van der Waals surface area (Å²) >= 11 is 0. The fourth-order valence-corrected chi connectivity index (χ4v) is 2.85. The van der Waals surface area contributed by atoms with Gasteiger partial charge in [0.25, 0.3) is 5.91 Å². The van der Waals surface area contributed by atoms with E-state index in [1.807, 2.05) is 42.5 Å². The zero-order valence-electron chi connectivity index (χ0n) is 15.8. The van der Waals surface area contributed by atoms with Crippen LogP contribution in [0.1, 0.15) is 41.3 Å². The van der Waals surface area contributed by atoms with Gasteiger partial charge in [-0.25, -0.2) is 4.98 Å². The van der Waals surface area contributed by atoms with Gasteiger partial charge >= 0.3 is 0 Å². The first-order chi connectivity index (χ1) is 13.1. The molecular formula is C23H25N3O. The Morgan fingerprint density at radius 1 is 0.963 bits per heavy atom. The van der Waals surface area contributed by atoms with Crippen LogP contribution in [0.5, 0.6) is 0 Å². The SMILES string of the molecule is CC(C)c1ccc(NC(=O)c2cccnc2NCCc2ccccc2)cc1. The summed E-state index contributed by atoms with van der Waals surface area (Å²) in [5, 5.41) is 6.23. The fraction of sp³-hybridized carbons (Fsp3) is 0.217. The van der Waals surface area contributed by atoms with E-state index in [1.165, 1.54) is 11.1 Å². The smallest absolute Gasteiger partial charge is 0.259 e. The molecule has 0 fully saturated rings. The molecule has 0 unspecified atom stereocenters. The zero-order valence-corrected chi connectivity index (χ0v) is 15.8. The number of amides is 1. The summed E-state index contributed by atoms with van der Waals surface area (Å²) in [6.07, 6.45) is 2.56. The first-order valence-electron chi connectivity index (χ1n) is 9.27. The molecule has 0 aliphatic carbocycles. The Morgan fingerprint density at radius 3 is 2.41 bits per heavy atom. The summed E-state index contributed by atoms with van der Waals surface area (Å²) in [5.41, 5.74) is 3.82. The van der Waals surface area contributed by atoms with Gasteiger partial charge in [-0.05, 0) is 47.7 Å². The highest BCUT2D eigenvalue weighted by Gasteiger charge is 2.12. The maximum Gasteiger partial charge on any atom is 0.259 e. The Labute approximate surface area is 160 Å². The Bertz CT molecular complexity index is 874. The number of nitrogens with zero attached hydrogens (tertiary/aromatic N) is 1. The van der Waals surface area contributed by atoms with Crippen LogP contribution in [0.15, 0.2) is 72.9 Å². The first kappa shape index (κ1) is 18.6. The maximum atomic E-state index is 12.7. The summed E-state index contributed by atoms with van der Waals surface area (Å²) in [6, 6.07) is 21.8. The molecule has 1 aromatic heterocycles. The van der Waals surface area contributed by atoms with Gasteiger partial charge in [0.1, 0.15) is 5.82 Å². The van der Waals surface area contributed by atoms with Crippen molar-refractivity contribution in [1.29, 1.82) is 0 Å². The molecule has 0 aliphatic rings. The molecule has 3 aromatic rings. The molecular weight excluding hydrogens is 334 g/mol. The lowest BCUT2D eigenvalue weighted by Gasteiger charge is -2.12. The summed E-state index contributed by atoms with van der Waals surface area (Å²) in [7, 11) is 0. The van der Waals surface area contributed by atoms with E-state index in [0.717, 1.165) is 12.1 Å². The lowest BCUT2D eigenvalue weighted by atomic mass is 10.0. The van der Waals surface area contributed by atoms with Crippen molar-refractivity contribution in [3.63, 3.8) is 0 Å². The van der Waals surface area contributed by atoms with Crippen molar-refractivity contribution in [2.75, 3.05) is 17.2 Å². The molecule has 4 nitrogen and oxygen atoms in total. The van der Waals surface area contributed by atoms with E-state index in [1.54, 1.807) is 18.3 Å². The van der Waals surface area contributed by atoms with Crippen molar-refractivity contribution in [1.82, 2.24) is 4.98 Å². The molecule has 0 saturated heterocycles. The Balaban J connectivity index is 1.64. The number of pyridine rings is 1. The van der Waals surface area contributed by atoms with Gasteiger partial charge in [0.2, 0.25) is 0 Å². The predicted octanol–water partition coefficient (Wildman–Crippen LogP) is 5.11. The Kier molecular flexibility index (Phi) is 6.21. The van der Waals surface area contributed by atoms with Crippen molar-refractivity contribution >= 4 is 17.4 Å². The van der Waals surface area contributed by atoms with Crippen molar-refractivity contribution in [2.24, 2.45) is 0 Å². The quantitative estimate of drug-likeness (QED) is 0.616. The molecule has 138 valence electrons. The Hall–Kier alpha value is -3.14. The molecule has 2 N–H and O–H groups in total. The minimum Gasteiger partial charge on any atom is -0.369 e. The molecule has 0 aliphatic heterocycles. The average Bonchev–Trinajstić information content (AvgIpc) is 2.69. The number of carbonyl (C=O) groups is 1. The van der Waals surface area contributed by atoms with Gasteiger partial charge in [0, 0.05) is 18.4 Å². The average molecular weight is 359 g/mol. The lowest BCUT2D eigenvalue weighted by Crippen LogP contribution is -2.16. The molecule has 0 spiro atoms. The van der Waals surface area contributed by atoms with Crippen LogP contribution in [-0.4, -0.2) is 17.4 Å². The van der Waals surface area contributed by atoms with Crippen molar-refractivity contribution in [2.45, 2.75) is 26.2 Å². The Morgan fingerprint density at radius 2 is 1.70 bits per heavy atom. The van der Waals surface area contributed by atoms with E-state index in [-0.39, 0.29) is 5.91 Å². The maximum absolute atomic E-state index is 12.7. The number of carbonyl (C=O) groups excluding carboxylic acids is 1.